The molecule has 0 saturated heterocycles. The Bertz CT molecular complexity index is 1220. The van der Waals surface area contributed by atoms with E-state index >= 15 is 0 Å². The largest absolute Gasteiger partial charge is 0.497 e. The third-order valence-corrected chi connectivity index (χ3v) is 6.74. The molecule has 7 heteroatoms. The first-order valence-electron chi connectivity index (χ1n) is 11.8. The number of hydrogen-bond acceptors (Lipinski definition) is 5. The SMILES string of the molecule is COc1ccc(NC(=O)c2ccc(NC(=O)C3(c4ccc5c(c4)OCCO5)CCCC3)cc2)cc1. The molecule has 1 heterocycles. The maximum absolute atomic E-state index is 13.5. The Hall–Kier alpha value is -4.00. The molecular formula is C28H28N2O5. The first-order valence-corrected chi connectivity index (χ1v) is 11.8. The van der Waals surface area contributed by atoms with Crippen LogP contribution in [-0.2, 0) is 10.2 Å². The van der Waals surface area contributed by atoms with Gasteiger partial charge in [0, 0.05) is 16.9 Å². The van der Waals surface area contributed by atoms with E-state index in [4.69, 9.17) is 14.2 Å². The molecule has 35 heavy (non-hydrogen) atoms. The molecule has 0 unspecified atom stereocenters. The fourth-order valence-electron chi connectivity index (χ4n) is 4.80. The van der Waals surface area contributed by atoms with Gasteiger partial charge < -0.3 is 24.8 Å². The molecule has 3 aromatic carbocycles. The Balaban J connectivity index is 1.29. The second kappa shape index (κ2) is 9.70. The molecule has 7 nitrogen and oxygen atoms in total. The molecule has 180 valence electrons. The van der Waals surface area contributed by atoms with E-state index in [1.807, 2.05) is 18.2 Å². The molecule has 2 amide bonds. The fraction of sp³-hybridized carbons (Fsp3) is 0.286. The van der Waals surface area contributed by atoms with Gasteiger partial charge in [0.1, 0.15) is 19.0 Å². The van der Waals surface area contributed by atoms with Crippen molar-refractivity contribution in [3.63, 3.8) is 0 Å². The maximum Gasteiger partial charge on any atom is 0.255 e. The molecular weight excluding hydrogens is 444 g/mol. The summed E-state index contributed by atoms with van der Waals surface area (Å²) in [5, 5.41) is 5.94. The normalized spacial score (nSPS) is 15.8. The van der Waals surface area contributed by atoms with E-state index in [9.17, 15) is 9.59 Å². The van der Waals surface area contributed by atoms with Gasteiger partial charge in [0.05, 0.1) is 12.5 Å². The van der Waals surface area contributed by atoms with Gasteiger partial charge in [0.25, 0.3) is 5.91 Å². The van der Waals surface area contributed by atoms with Crippen molar-refractivity contribution in [3.05, 3.63) is 77.9 Å². The molecule has 0 bridgehead atoms. The highest BCUT2D eigenvalue weighted by molar-refractivity contribution is 6.05. The molecule has 5 rings (SSSR count). The predicted molar refractivity (Wildman–Crippen MR) is 134 cm³/mol. The van der Waals surface area contributed by atoms with Crippen molar-refractivity contribution in [3.8, 4) is 17.2 Å². The number of ether oxygens (including phenoxy) is 3. The zero-order valence-electron chi connectivity index (χ0n) is 19.6. The Morgan fingerprint density at radius 1 is 0.800 bits per heavy atom. The van der Waals surface area contributed by atoms with Gasteiger partial charge in [-0.3, -0.25) is 9.59 Å². The number of methoxy groups -OCH3 is 1. The highest BCUT2D eigenvalue weighted by Gasteiger charge is 2.43. The van der Waals surface area contributed by atoms with Gasteiger partial charge in [-0.1, -0.05) is 18.9 Å². The number of benzene rings is 3. The lowest BCUT2D eigenvalue weighted by Crippen LogP contribution is -2.38. The molecule has 2 N–H and O–H groups in total. The van der Waals surface area contributed by atoms with Gasteiger partial charge >= 0.3 is 0 Å². The van der Waals surface area contributed by atoms with Gasteiger partial charge in [0.15, 0.2) is 11.5 Å². The van der Waals surface area contributed by atoms with E-state index in [-0.39, 0.29) is 11.8 Å². The Labute approximate surface area is 204 Å². The lowest BCUT2D eigenvalue weighted by atomic mass is 9.77. The summed E-state index contributed by atoms with van der Waals surface area (Å²) in [4.78, 5) is 26.2. The average Bonchev–Trinajstić information content (AvgIpc) is 3.41. The van der Waals surface area contributed by atoms with Crippen LogP contribution >= 0.6 is 0 Å². The highest BCUT2D eigenvalue weighted by Crippen LogP contribution is 2.45. The molecule has 0 atom stereocenters. The van der Waals surface area contributed by atoms with Crippen LogP contribution in [0.25, 0.3) is 0 Å². The third-order valence-electron chi connectivity index (χ3n) is 6.74. The minimum atomic E-state index is -0.611. The third kappa shape index (κ3) is 4.67. The summed E-state index contributed by atoms with van der Waals surface area (Å²) in [6.07, 6.45) is 3.54. The molecule has 1 fully saturated rings. The lowest BCUT2D eigenvalue weighted by Gasteiger charge is -2.30. The van der Waals surface area contributed by atoms with Crippen LogP contribution in [0, 0.1) is 0 Å². The summed E-state index contributed by atoms with van der Waals surface area (Å²) in [6, 6.07) is 19.9. The number of hydrogen-bond donors (Lipinski definition) is 2. The molecule has 1 aliphatic heterocycles. The Morgan fingerprint density at radius 3 is 2.11 bits per heavy atom. The van der Waals surface area contributed by atoms with Crippen LogP contribution in [0.15, 0.2) is 66.7 Å². The summed E-state index contributed by atoms with van der Waals surface area (Å²) in [5.41, 5.74) is 2.17. The molecule has 0 radical (unpaired) electrons. The second-order valence-electron chi connectivity index (χ2n) is 8.86. The number of amides is 2. The van der Waals surface area contributed by atoms with Gasteiger partial charge in [-0.25, -0.2) is 0 Å². The molecule has 2 aliphatic rings. The van der Waals surface area contributed by atoms with Gasteiger partial charge in [-0.15, -0.1) is 0 Å². The zero-order chi connectivity index (χ0) is 24.3. The second-order valence-corrected chi connectivity index (χ2v) is 8.86. The number of anilines is 2. The summed E-state index contributed by atoms with van der Waals surface area (Å²) < 4.78 is 16.5. The van der Waals surface area contributed by atoms with Crippen LogP contribution in [0.3, 0.4) is 0 Å². The van der Waals surface area contributed by atoms with Crippen LogP contribution < -0.4 is 24.8 Å². The topological polar surface area (TPSA) is 85.9 Å². The first kappa shape index (κ1) is 22.8. The number of nitrogens with one attached hydrogen (secondary N) is 2. The predicted octanol–water partition coefficient (Wildman–Crippen LogP) is 5.17. The van der Waals surface area contributed by atoms with Crippen molar-refractivity contribution >= 4 is 23.2 Å². The van der Waals surface area contributed by atoms with E-state index in [0.717, 1.165) is 42.7 Å². The summed E-state index contributed by atoms with van der Waals surface area (Å²) in [5.74, 6) is 1.87. The minimum Gasteiger partial charge on any atom is -0.497 e. The van der Waals surface area contributed by atoms with Crippen molar-refractivity contribution in [1.82, 2.24) is 0 Å². The average molecular weight is 473 g/mol. The minimum absolute atomic E-state index is 0.0397. The molecule has 1 aliphatic carbocycles. The fourth-order valence-corrected chi connectivity index (χ4v) is 4.80. The molecule has 3 aromatic rings. The Morgan fingerprint density at radius 2 is 1.43 bits per heavy atom. The van der Waals surface area contributed by atoms with Crippen molar-refractivity contribution in [1.29, 1.82) is 0 Å². The number of carbonyl (C=O) groups excluding carboxylic acids is 2. The summed E-state index contributed by atoms with van der Waals surface area (Å²) in [6.45, 7) is 1.04. The highest BCUT2D eigenvalue weighted by atomic mass is 16.6. The number of fused-ring (bicyclic) bond motifs is 1. The van der Waals surface area contributed by atoms with Crippen molar-refractivity contribution in [2.75, 3.05) is 31.0 Å². The summed E-state index contributed by atoms with van der Waals surface area (Å²) in [7, 11) is 1.60. The van der Waals surface area contributed by atoms with E-state index in [2.05, 4.69) is 10.6 Å². The van der Waals surface area contributed by atoms with Gasteiger partial charge in [0.2, 0.25) is 5.91 Å². The van der Waals surface area contributed by atoms with Crippen molar-refractivity contribution in [2.24, 2.45) is 0 Å². The smallest absolute Gasteiger partial charge is 0.255 e. The van der Waals surface area contributed by atoms with E-state index in [1.165, 1.54) is 0 Å². The van der Waals surface area contributed by atoms with E-state index in [1.54, 1.807) is 55.6 Å². The van der Waals surface area contributed by atoms with Crippen LogP contribution in [0.2, 0.25) is 0 Å². The van der Waals surface area contributed by atoms with E-state index in [0.29, 0.717) is 35.9 Å². The monoisotopic (exact) mass is 472 g/mol. The maximum atomic E-state index is 13.5. The lowest BCUT2D eigenvalue weighted by molar-refractivity contribution is -0.121. The van der Waals surface area contributed by atoms with E-state index < -0.39 is 5.41 Å². The zero-order valence-corrected chi connectivity index (χ0v) is 19.6. The van der Waals surface area contributed by atoms with Crippen LogP contribution in [-0.4, -0.2) is 32.1 Å². The van der Waals surface area contributed by atoms with Crippen LogP contribution in [0.4, 0.5) is 11.4 Å². The quantitative estimate of drug-likeness (QED) is 0.517. The van der Waals surface area contributed by atoms with Gasteiger partial charge in [-0.05, 0) is 79.1 Å². The van der Waals surface area contributed by atoms with Gasteiger partial charge in [-0.2, -0.15) is 0 Å². The van der Waals surface area contributed by atoms with Crippen LogP contribution in [0.5, 0.6) is 17.2 Å². The van der Waals surface area contributed by atoms with Crippen LogP contribution in [0.1, 0.15) is 41.6 Å². The standard InChI is InChI=1S/C28H28N2O5/c1-33-23-11-9-21(10-12-23)29-26(31)19-4-7-22(8-5-19)30-27(32)28(14-2-3-15-28)20-6-13-24-25(18-20)35-17-16-34-24/h4-13,18H,2-3,14-17H2,1H3,(H,29,31)(H,30,32). The van der Waals surface area contributed by atoms with Crippen molar-refractivity contribution in [2.45, 2.75) is 31.1 Å². The number of rotatable bonds is 6. The van der Waals surface area contributed by atoms with Crippen molar-refractivity contribution < 1.29 is 23.8 Å². The molecule has 1 saturated carbocycles. The molecule has 0 aromatic heterocycles. The first-order chi connectivity index (χ1) is 17.1. The number of carbonyl (C=O) groups is 2. The molecule has 0 spiro atoms. The Kier molecular flexibility index (Phi) is 6.31. The summed E-state index contributed by atoms with van der Waals surface area (Å²) >= 11 is 0.